The molecule has 1 aliphatic heterocycles. The van der Waals surface area contributed by atoms with Gasteiger partial charge in [0.2, 0.25) is 5.96 Å². The third kappa shape index (κ3) is 7.13. The summed E-state index contributed by atoms with van der Waals surface area (Å²) in [5, 5.41) is 2.58. The molecule has 1 heterocycles. The lowest BCUT2D eigenvalue weighted by molar-refractivity contribution is 0.0374. The first-order valence-electron chi connectivity index (χ1n) is 13.8. The Labute approximate surface area is 238 Å². The topological polar surface area (TPSA) is 130 Å². The van der Waals surface area contributed by atoms with Gasteiger partial charge in [0.1, 0.15) is 22.2 Å². The van der Waals surface area contributed by atoms with Gasteiger partial charge in [0.15, 0.2) is 0 Å². The Morgan fingerprint density at radius 2 is 1.50 bits per heavy atom. The lowest BCUT2D eigenvalue weighted by Crippen LogP contribution is -2.62. The molecule has 1 aromatic rings. The molecule has 4 amide bonds. The maximum Gasteiger partial charge on any atom is 0.437 e. The number of amides is 4. The van der Waals surface area contributed by atoms with Crippen LogP contribution < -0.4 is 10.0 Å². The van der Waals surface area contributed by atoms with Crippen LogP contribution in [0, 0.1) is 0 Å². The van der Waals surface area contributed by atoms with Crippen molar-refractivity contribution in [3.63, 3.8) is 0 Å². The highest BCUT2D eigenvalue weighted by Crippen LogP contribution is 2.38. The zero-order chi connectivity index (χ0) is 29.4. The van der Waals surface area contributed by atoms with Gasteiger partial charge in [-0.15, -0.1) is 4.99 Å². The molecule has 0 radical (unpaired) electrons. The van der Waals surface area contributed by atoms with E-state index in [1.165, 1.54) is 29.3 Å². The van der Waals surface area contributed by atoms with Gasteiger partial charge in [-0.25, -0.2) is 18.6 Å². The highest BCUT2D eigenvalue weighted by atomic mass is 32.2. The van der Waals surface area contributed by atoms with Crippen LogP contribution in [-0.2, 0) is 46.1 Å². The second-order valence-electron chi connectivity index (χ2n) is 12.5. The average molecular weight is 576 g/mol. The fourth-order valence-electron chi connectivity index (χ4n) is 5.15. The zero-order valence-electron chi connectivity index (χ0n) is 24.5. The largest absolute Gasteiger partial charge is 0.443 e. The number of nitrogens with one attached hydrogen (secondary N) is 2. The number of fused-ring (bicyclic) bond motifs is 2. The van der Waals surface area contributed by atoms with Gasteiger partial charge in [-0.3, -0.25) is 9.62 Å². The van der Waals surface area contributed by atoms with Crippen LogP contribution in [0.1, 0.15) is 76.6 Å². The Morgan fingerprint density at radius 3 is 2.02 bits per heavy atom. The number of anilines is 1. The second kappa shape index (κ2) is 11.4. The number of urea groups is 1. The van der Waals surface area contributed by atoms with Crippen molar-refractivity contribution in [1.29, 1.82) is 0 Å². The Bertz CT molecular complexity index is 1210. The van der Waals surface area contributed by atoms with E-state index in [4.69, 9.17) is 9.47 Å². The summed E-state index contributed by atoms with van der Waals surface area (Å²) in [5.41, 5.74) is 4.37. The maximum absolute atomic E-state index is 13.0. The zero-order valence-corrected chi connectivity index (χ0v) is 25.3. The highest BCUT2D eigenvalue weighted by molar-refractivity contribution is 7.84. The molecule has 2 N–H and O–H groups in total. The lowest BCUT2D eigenvalue weighted by atomic mass is 9.99. The van der Waals surface area contributed by atoms with Gasteiger partial charge in [-0.1, -0.05) is 6.07 Å². The van der Waals surface area contributed by atoms with Crippen molar-refractivity contribution in [2.24, 2.45) is 4.99 Å². The molecule has 220 valence electrons. The van der Waals surface area contributed by atoms with Crippen LogP contribution in [0.25, 0.3) is 0 Å². The number of likely N-dealkylation sites (tertiary alicyclic amines) is 1. The molecule has 1 unspecified atom stereocenters. The summed E-state index contributed by atoms with van der Waals surface area (Å²) in [4.78, 5) is 44.9. The van der Waals surface area contributed by atoms with Crippen molar-refractivity contribution in [3.8, 4) is 0 Å². The van der Waals surface area contributed by atoms with Crippen LogP contribution in [0.5, 0.6) is 0 Å². The summed E-state index contributed by atoms with van der Waals surface area (Å²) in [7, 11) is -0.245. The first-order chi connectivity index (χ1) is 18.6. The van der Waals surface area contributed by atoms with Crippen molar-refractivity contribution in [1.82, 2.24) is 14.5 Å². The Hall–Kier alpha value is -3.15. The molecular formula is C28H41N5O6S. The maximum atomic E-state index is 13.0. The summed E-state index contributed by atoms with van der Waals surface area (Å²) in [6.45, 7) is 10.8. The molecule has 40 heavy (non-hydrogen) atoms. The quantitative estimate of drug-likeness (QED) is 0.406. The predicted molar refractivity (Wildman–Crippen MR) is 154 cm³/mol. The molecule has 1 aromatic carbocycles. The normalized spacial score (nSPS) is 17.9. The van der Waals surface area contributed by atoms with Crippen LogP contribution in [0.3, 0.4) is 0 Å². The number of hydrogen-bond acceptors (Lipinski definition) is 6. The van der Waals surface area contributed by atoms with Crippen molar-refractivity contribution in [3.05, 3.63) is 28.3 Å². The Balaban J connectivity index is 1.40. The van der Waals surface area contributed by atoms with Crippen molar-refractivity contribution in [2.75, 3.05) is 25.5 Å². The molecule has 12 heteroatoms. The molecule has 1 fully saturated rings. The number of aliphatic imine (C=N–C) groups is 1. The van der Waals surface area contributed by atoms with Crippen LogP contribution in [0.15, 0.2) is 11.1 Å². The van der Waals surface area contributed by atoms with Crippen molar-refractivity contribution < 1.29 is 28.1 Å². The molecule has 4 rings (SSSR count). The molecule has 0 aromatic heterocycles. The molecule has 0 saturated carbocycles. The number of rotatable bonds is 3. The lowest BCUT2D eigenvalue weighted by Gasteiger charge is -2.42. The van der Waals surface area contributed by atoms with Gasteiger partial charge < -0.3 is 19.7 Å². The fourth-order valence-corrected chi connectivity index (χ4v) is 6.19. The summed E-state index contributed by atoms with van der Waals surface area (Å²) in [6.07, 6.45) is 4.50. The molecular weight excluding hydrogens is 534 g/mol. The summed E-state index contributed by atoms with van der Waals surface area (Å²) >= 11 is 0. The van der Waals surface area contributed by atoms with E-state index in [1.807, 2.05) is 0 Å². The predicted octanol–water partition coefficient (Wildman–Crippen LogP) is 4.29. The molecule has 0 bridgehead atoms. The van der Waals surface area contributed by atoms with Gasteiger partial charge in [-0.2, -0.15) is 0 Å². The van der Waals surface area contributed by atoms with E-state index in [1.54, 1.807) is 46.4 Å². The first kappa shape index (κ1) is 29.8. The first-order valence-corrected chi connectivity index (χ1v) is 15.0. The number of ether oxygens (including phenoxy) is 2. The smallest absolute Gasteiger partial charge is 0.437 e. The SMILES string of the molecule is CN(C(=O)OC(C)(C)C)/C(=N\C(=O)OC(C)(C)C)N1CC(S(=O)NC(=O)Nc2c3c(cc4c2CCC4)CCC3)C1. The Kier molecular flexibility index (Phi) is 8.49. The minimum Gasteiger partial charge on any atom is -0.443 e. The molecule has 3 aliphatic rings. The van der Waals surface area contributed by atoms with E-state index in [0.717, 1.165) is 49.1 Å². The Morgan fingerprint density at radius 1 is 0.950 bits per heavy atom. The van der Waals surface area contributed by atoms with E-state index >= 15 is 0 Å². The third-order valence-electron chi connectivity index (χ3n) is 6.89. The molecule has 1 atom stereocenters. The van der Waals surface area contributed by atoms with E-state index < -0.39 is 45.7 Å². The summed E-state index contributed by atoms with van der Waals surface area (Å²) in [6, 6.07) is 1.79. The monoisotopic (exact) mass is 575 g/mol. The van der Waals surface area contributed by atoms with Gasteiger partial charge in [0.05, 0.1) is 5.25 Å². The van der Waals surface area contributed by atoms with Crippen LogP contribution in [0.4, 0.5) is 20.1 Å². The number of carbonyl (C=O) groups excluding carboxylic acids is 3. The van der Waals surface area contributed by atoms with Gasteiger partial charge in [-0.05, 0) is 102 Å². The minimum absolute atomic E-state index is 0.0246. The van der Waals surface area contributed by atoms with Gasteiger partial charge in [0, 0.05) is 25.8 Å². The summed E-state index contributed by atoms with van der Waals surface area (Å²) in [5.74, 6) is 0.0246. The van der Waals surface area contributed by atoms with E-state index in [0.29, 0.717) is 0 Å². The molecule has 0 spiro atoms. The van der Waals surface area contributed by atoms with Gasteiger partial charge in [0.25, 0.3) is 0 Å². The fraction of sp³-hybridized carbons (Fsp3) is 0.643. The summed E-state index contributed by atoms with van der Waals surface area (Å²) < 4.78 is 26.4. The van der Waals surface area contributed by atoms with Crippen LogP contribution in [-0.4, -0.2) is 74.8 Å². The minimum atomic E-state index is -1.69. The number of guanidine groups is 1. The van der Waals surface area contributed by atoms with E-state index in [9.17, 15) is 18.6 Å². The molecule has 11 nitrogen and oxygen atoms in total. The van der Waals surface area contributed by atoms with Crippen LogP contribution in [0.2, 0.25) is 0 Å². The van der Waals surface area contributed by atoms with E-state index in [-0.39, 0.29) is 19.0 Å². The third-order valence-corrected chi connectivity index (χ3v) is 8.18. The number of carbonyl (C=O) groups is 3. The second-order valence-corrected chi connectivity index (χ2v) is 14.0. The number of aryl methyl sites for hydroxylation is 2. The molecule has 1 saturated heterocycles. The van der Waals surface area contributed by atoms with E-state index in [2.05, 4.69) is 21.1 Å². The molecule has 2 aliphatic carbocycles. The highest BCUT2D eigenvalue weighted by Gasteiger charge is 2.39. The van der Waals surface area contributed by atoms with Gasteiger partial charge >= 0.3 is 18.2 Å². The standard InChI is InChI=1S/C28H41N5O6S/c1-27(2,3)38-25(35)30-24(32(7)26(36)39-28(4,5)6)33-15-19(16-33)40(37)31-23(34)29-22-20-12-8-10-17(20)14-18-11-9-13-21(18)22/h14,19H,8-13,15-16H2,1-7H3,(H2,29,31,34)/b30-24+. The van der Waals surface area contributed by atoms with Crippen molar-refractivity contribution >= 4 is 40.9 Å². The average Bonchev–Trinajstić information content (AvgIpc) is 3.43. The number of hydrogen-bond donors (Lipinski definition) is 2. The van der Waals surface area contributed by atoms with Crippen molar-refractivity contribution in [2.45, 2.75) is 96.5 Å². The van der Waals surface area contributed by atoms with Crippen LogP contribution >= 0.6 is 0 Å². The number of nitrogens with zero attached hydrogens (tertiary/aromatic N) is 3. The number of benzene rings is 1.